The summed E-state index contributed by atoms with van der Waals surface area (Å²) in [6.45, 7) is 10.7. The molecule has 0 spiro atoms. The Morgan fingerprint density at radius 1 is 0.824 bits per heavy atom. The smallest absolute Gasteiger partial charge is 0.230 e. The second-order valence-corrected chi connectivity index (χ2v) is 2.71. The third-order valence-electron chi connectivity index (χ3n) is 1.64. The molecule has 0 unspecified atom stereocenters. The van der Waals surface area contributed by atoms with E-state index in [2.05, 4.69) is 0 Å². The first-order valence-corrected chi connectivity index (χ1v) is 5.99. The molecule has 0 aromatic heterocycles. The van der Waals surface area contributed by atoms with Crippen LogP contribution in [0.4, 0.5) is 5.69 Å². The van der Waals surface area contributed by atoms with Gasteiger partial charge >= 0.3 is 0 Å². The van der Waals surface area contributed by atoms with Gasteiger partial charge in [-0.3, -0.25) is 14.5 Å². The Morgan fingerprint density at radius 2 is 1.18 bits per heavy atom. The van der Waals surface area contributed by atoms with E-state index in [1.807, 2.05) is 33.8 Å². The summed E-state index contributed by atoms with van der Waals surface area (Å²) < 4.78 is 0. The first-order valence-electron chi connectivity index (χ1n) is 5.99. The molecule has 96 valence electrons. The van der Waals surface area contributed by atoms with Crippen molar-refractivity contribution in [1.82, 2.24) is 0 Å². The molecule has 0 saturated carbocycles. The molecule has 2 amide bonds. The van der Waals surface area contributed by atoms with Crippen LogP contribution in [-0.4, -0.2) is 11.8 Å². The normalized spacial score (nSPS) is 7.88. The molecule has 0 heterocycles. The van der Waals surface area contributed by atoms with Crippen molar-refractivity contribution in [2.75, 3.05) is 4.90 Å². The third-order valence-corrected chi connectivity index (χ3v) is 1.64. The lowest BCUT2D eigenvalue weighted by atomic mass is 10.3. The first kappa shape index (κ1) is 17.7. The van der Waals surface area contributed by atoms with E-state index < -0.39 is 0 Å². The number of imide groups is 1. The van der Waals surface area contributed by atoms with Crippen LogP contribution in [0.3, 0.4) is 0 Å². The third kappa shape index (κ3) is 6.51. The number of hydrogen-bond donors (Lipinski definition) is 0. The van der Waals surface area contributed by atoms with Crippen molar-refractivity contribution < 1.29 is 9.59 Å². The monoisotopic (exact) mass is 237 g/mol. The van der Waals surface area contributed by atoms with Crippen LogP contribution in [0, 0.1) is 0 Å². The van der Waals surface area contributed by atoms with Gasteiger partial charge in [-0.05, 0) is 12.1 Å². The second-order valence-electron chi connectivity index (χ2n) is 2.71. The molecule has 0 saturated heterocycles. The lowest BCUT2D eigenvalue weighted by Crippen LogP contribution is -2.32. The predicted molar refractivity (Wildman–Crippen MR) is 73.0 cm³/mol. The van der Waals surface area contributed by atoms with Gasteiger partial charge in [0.05, 0.1) is 5.69 Å². The fourth-order valence-electron chi connectivity index (χ4n) is 1.16. The Labute approximate surface area is 104 Å². The zero-order chi connectivity index (χ0) is 13.8. The van der Waals surface area contributed by atoms with Crippen LogP contribution in [0.15, 0.2) is 30.3 Å². The molecule has 0 fully saturated rings. The van der Waals surface area contributed by atoms with E-state index in [4.69, 9.17) is 0 Å². The Kier molecular flexibility index (Phi) is 11.3. The summed E-state index contributed by atoms with van der Waals surface area (Å²) in [5.74, 6) is -0.530. The summed E-state index contributed by atoms with van der Waals surface area (Å²) in [4.78, 5) is 23.3. The van der Waals surface area contributed by atoms with E-state index in [1.165, 1.54) is 13.8 Å². The van der Waals surface area contributed by atoms with E-state index in [1.54, 1.807) is 24.3 Å². The van der Waals surface area contributed by atoms with Crippen LogP contribution in [0.1, 0.15) is 41.5 Å². The van der Waals surface area contributed by atoms with Crippen LogP contribution in [0.25, 0.3) is 0 Å². The van der Waals surface area contributed by atoms with Crippen molar-refractivity contribution in [2.45, 2.75) is 41.5 Å². The summed E-state index contributed by atoms with van der Waals surface area (Å²) in [5.41, 5.74) is 0.613. The molecule has 1 rings (SSSR count). The minimum Gasteiger partial charge on any atom is -0.274 e. The van der Waals surface area contributed by atoms with Crippen LogP contribution >= 0.6 is 0 Å². The standard InChI is InChI=1S/C10H11NO2.2C2H6/c1-8(12)11(9(2)13)10-6-4-3-5-7-10;2*1-2/h3-7H,1-2H3;2*1-2H3. The molecule has 0 atom stereocenters. The van der Waals surface area contributed by atoms with Gasteiger partial charge < -0.3 is 0 Å². The van der Waals surface area contributed by atoms with Gasteiger partial charge in [-0.25, -0.2) is 0 Å². The van der Waals surface area contributed by atoms with Gasteiger partial charge in [0.2, 0.25) is 11.8 Å². The van der Waals surface area contributed by atoms with E-state index in [0.29, 0.717) is 5.69 Å². The van der Waals surface area contributed by atoms with Crippen molar-refractivity contribution in [1.29, 1.82) is 0 Å². The summed E-state index contributed by atoms with van der Waals surface area (Å²) in [6.07, 6.45) is 0. The molecule has 0 aliphatic rings. The number of benzene rings is 1. The molecule has 1 aromatic carbocycles. The number of rotatable bonds is 1. The van der Waals surface area contributed by atoms with Gasteiger partial charge in [-0.15, -0.1) is 0 Å². The van der Waals surface area contributed by atoms with Crippen LogP contribution in [-0.2, 0) is 9.59 Å². The van der Waals surface area contributed by atoms with E-state index in [9.17, 15) is 9.59 Å². The average Bonchev–Trinajstić information content (AvgIpc) is 2.34. The summed E-state index contributed by atoms with van der Waals surface area (Å²) in [7, 11) is 0. The zero-order valence-electron chi connectivity index (χ0n) is 11.7. The topological polar surface area (TPSA) is 37.4 Å². The van der Waals surface area contributed by atoms with E-state index >= 15 is 0 Å². The molecule has 3 heteroatoms. The number of hydrogen-bond acceptors (Lipinski definition) is 2. The summed E-state index contributed by atoms with van der Waals surface area (Å²) >= 11 is 0. The van der Waals surface area contributed by atoms with Crippen molar-refractivity contribution >= 4 is 17.5 Å². The van der Waals surface area contributed by atoms with E-state index in [0.717, 1.165) is 4.90 Å². The minimum atomic E-state index is -0.265. The largest absolute Gasteiger partial charge is 0.274 e. The second kappa shape index (κ2) is 10.9. The number of nitrogens with zero attached hydrogens (tertiary/aromatic N) is 1. The molecule has 3 nitrogen and oxygen atoms in total. The highest BCUT2D eigenvalue weighted by Crippen LogP contribution is 2.13. The maximum Gasteiger partial charge on any atom is 0.230 e. The highest BCUT2D eigenvalue weighted by atomic mass is 16.2. The van der Waals surface area contributed by atoms with Gasteiger partial charge in [-0.1, -0.05) is 45.9 Å². The highest BCUT2D eigenvalue weighted by Gasteiger charge is 2.14. The molecule has 0 N–H and O–H groups in total. The van der Waals surface area contributed by atoms with Gasteiger partial charge in [0.15, 0.2) is 0 Å². The molecule has 0 bridgehead atoms. The molecule has 0 aliphatic carbocycles. The summed E-state index contributed by atoms with van der Waals surface area (Å²) in [5, 5.41) is 0. The van der Waals surface area contributed by atoms with Crippen molar-refractivity contribution in [2.24, 2.45) is 0 Å². The zero-order valence-corrected chi connectivity index (χ0v) is 11.7. The number of carbonyl (C=O) groups is 2. The number of para-hydroxylation sites is 1. The van der Waals surface area contributed by atoms with Gasteiger partial charge in [0.25, 0.3) is 0 Å². The minimum absolute atomic E-state index is 0.265. The molecule has 17 heavy (non-hydrogen) atoms. The lowest BCUT2D eigenvalue weighted by molar-refractivity contribution is -0.124. The van der Waals surface area contributed by atoms with Crippen molar-refractivity contribution in [3.63, 3.8) is 0 Å². The maximum absolute atomic E-state index is 11.1. The number of anilines is 1. The van der Waals surface area contributed by atoms with Gasteiger partial charge in [0.1, 0.15) is 0 Å². The molecule has 0 aliphatic heterocycles. The maximum atomic E-state index is 11.1. The van der Waals surface area contributed by atoms with Gasteiger partial charge in [-0.2, -0.15) is 0 Å². The lowest BCUT2D eigenvalue weighted by Gasteiger charge is -2.16. The SMILES string of the molecule is CC.CC.CC(=O)N(C(C)=O)c1ccccc1. The van der Waals surface area contributed by atoms with Crippen molar-refractivity contribution in [3.8, 4) is 0 Å². The molecular formula is C14H23NO2. The quantitative estimate of drug-likeness (QED) is 0.747. The fraction of sp³-hybridized carbons (Fsp3) is 0.429. The van der Waals surface area contributed by atoms with Crippen molar-refractivity contribution in [3.05, 3.63) is 30.3 Å². The average molecular weight is 237 g/mol. The molecular weight excluding hydrogens is 214 g/mol. The Balaban J connectivity index is 0. The molecule has 0 radical (unpaired) electrons. The Bertz CT molecular complexity index is 306. The van der Waals surface area contributed by atoms with E-state index in [-0.39, 0.29) is 11.8 Å². The van der Waals surface area contributed by atoms with Crippen LogP contribution < -0.4 is 4.90 Å². The first-order chi connectivity index (χ1) is 8.13. The predicted octanol–water partition coefficient (Wildman–Crippen LogP) is 3.64. The highest BCUT2D eigenvalue weighted by molar-refractivity contribution is 6.13. The van der Waals surface area contributed by atoms with Crippen LogP contribution in [0.2, 0.25) is 0 Å². The number of amides is 2. The fourth-order valence-corrected chi connectivity index (χ4v) is 1.16. The van der Waals surface area contributed by atoms with Gasteiger partial charge in [0, 0.05) is 13.8 Å². The molecule has 1 aromatic rings. The van der Waals surface area contributed by atoms with Crippen LogP contribution in [0.5, 0.6) is 0 Å². The summed E-state index contributed by atoms with van der Waals surface area (Å²) in [6, 6.07) is 8.86. The Morgan fingerprint density at radius 3 is 1.47 bits per heavy atom. The Hall–Kier alpha value is -1.64. The number of carbonyl (C=O) groups excluding carboxylic acids is 2.